The number of esters is 1. The molecule has 5 nitrogen and oxygen atoms in total. The molecule has 0 saturated carbocycles. The van der Waals surface area contributed by atoms with Crippen LogP contribution < -0.4 is 5.63 Å². The molecular weight excluding hydrogens is 212 g/mol. The summed E-state index contributed by atoms with van der Waals surface area (Å²) in [5.41, 5.74) is -0.408. The zero-order valence-corrected chi connectivity index (χ0v) is 9.44. The lowest BCUT2D eigenvalue weighted by molar-refractivity contribution is -0.145. The maximum absolute atomic E-state index is 11.2. The number of hydrogen-bond donors (Lipinski definition) is 1. The van der Waals surface area contributed by atoms with E-state index in [1.807, 2.05) is 0 Å². The van der Waals surface area contributed by atoms with Gasteiger partial charge >= 0.3 is 11.6 Å². The van der Waals surface area contributed by atoms with Crippen LogP contribution >= 0.6 is 0 Å². The maximum Gasteiger partial charge on any atom is 0.342 e. The van der Waals surface area contributed by atoms with Crippen molar-refractivity contribution in [3.63, 3.8) is 0 Å². The average Bonchev–Trinajstić information content (AvgIpc) is 2.12. The summed E-state index contributed by atoms with van der Waals surface area (Å²) < 4.78 is 9.82. The summed E-state index contributed by atoms with van der Waals surface area (Å²) in [4.78, 5) is 21.9. The Labute approximate surface area is 92.7 Å². The molecule has 0 spiro atoms. The maximum atomic E-state index is 11.2. The van der Waals surface area contributed by atoms with E-state index in [0.29, 0.717) is 5.76 Å². The standard InChI is InChI=1S/C11H14O5/c1-6(15-8(3)12)4-9-5-10(13)7(2)11(14)16-9/h5-6,13H,4H2,1-3H3/t6-/m1/s1. The molecule has 0 amide bonds. The fraction of sp³-hybridized carbons (Fsp3) is 0.455. The highest BCUT2D eigenvalue weighted by atomic mass is 16.5. The van der Waals surface area contributed by atoms with Gasteiger partial charge in [0.1, 0.15) is 17.6 Å². The first-order valence-corrected chi connectivity index (χ1v) is 4.90. The third-order valence-corrected chi connectivity index (χ3v) is 2.07. The molecule has 0 radical (unpaired) electrons. The number of hydrogen-bond acceptors (Lipinski definition) is 5. The van der Waals surface area contributed by atoms with Crippen LogP contribution in [-0.4, -0.2) is 17.2 Å². The molecule has 1 aromatic heterocycles. The molecule has 1 N–H and O–H groups in total. The van der Waals surface area contributed by atoms with Crippen LogP contribution in [-0.2, 0) is 16.0 Å². The Hall–Kier alpha value is -1.78. The lowest BCUT2D eigenvalue weighted by atomic mass is 10.2. The van der Waals surface area contributed by atoms with Gasteiger partial charge in [0.15, 0.2) is 0 Å². The van der Waals surface area contributed by atoms with E-state index in [-0.39, 0.29) is 17.7 Å². The van der Waals surface area contributed by atoms with Crippen molar-refractivity contribution in [2.75, 3.05) is 0 Å². The summed E-state index contributed by atoms with van der Waals surface area (Å²) in [5.74, 6) is -0.214. The lowest BCUT2D eigenvalue weighted by Gasteiger charge is -2.10. The number of ether oxygens (including phenoxy) is 1. The average molecular weight is 226 g/mol. The van der Waals surface area contributed by atoms with Crippen molar-refractivity contribution in [1.29, 1.82) is 0 Å². The Balaban J connectivity index is 2.82. The first-order chi connectivity index (χ1) is 7.40. The fourth-order valence-electron chi connectivity index (χ4n) is 1.30. The second-order valence-electron chi connectivity index (χ2n) is 3.63. The summed E-state index contributed by atoms with van der Waals surface area (Å²) in [5, 5.41) is 9.41. The molecule has 0 aliphatic heterocycles. The van der Waals surface area contributed by atoms with Gasteiger partial charge in [-0.25, -0.2) is 4.79 Å². The fourth-order valence-corrected chi connectivity index (χ4v) is 1.30. The largest absolute Gasteiger partial charge is 0.507 e. The van der Waals surface area contributed by atoms with Crippen LogP contribution in [0.3, 0.4) is 0 Å². The van der Waals surface area contributed by atoms with Gasteiger partial charge in [-0.05, 0) is 13.8 Å². The number of carbonyl (C=O) groups is 1. The summed E-state index contributed by atoms with van der Waals surface area (Å²) in [6.45, 7) is 4.46. The van der Waals surface area contributed by atoms with Crippen molar-refractivity contribution in [1.82, 2.24) is 0 Å². The van der Waals surface area contributed by atoms with Crippen LogP contribution in [0.15, 0.2) is 15.3 Å². The second-order valence-corrected chi connectivity index (χ2v) is 3.63. The van der Waals surface area contributed by atoms with Crippen molar-refractivity contribution < 1.29 is 19.1 Å². The van der Waals surface area contributed by atoms with Crippen molar-refractivity contribution in [3.8, 4) is 5.75 Å². The van der Waals surface area contributed by atoms with Gasteiger partial charge < -0.3 is 14.3 Å². The van der Waals surface area contributed by atoms with Gasteiger partial charge in [-0.15, -0.1) is 0 Å². The van der Waals surface area contributed by atoms with Crippen molar-refractivity contribution >= 4 is 5.97 Å². The molecule has 5 heteroatoms. The molecule has 1 atom stereocenters. The number of carbonyl (C=O) groups excluding carboxylic acids is 1. The highest BCUT2D eigenvalue weighted by molar-refractivity contribution is 5.66. The molecule has 0 unspecified atom stereocenters. The Kier molecular flexibility index (Phi) is 3.71. The normalized spacial score (nSPS) is 12.2. The molecule has 1 aromatic rings. The predicted molar refractivity (Wildman–Crippen MR) is 56.3 cm³/mol. The Bertz CT molecular complexity index is 446. The van der Waals surface area contributed by atoms with Gasteiger partial charge in [0, 0.05) is 19.4 Å². The summed E-state index contributed by atoms with van der Waals surface area (Å²) in [6.07, 6.45) is -0.148. The number of rotatable bonds is 3. The van der Waals surface area contributed by atoms with E-state index in [4.69, 9.17) is 9.15 Å². The summed E-state index contributed by atoms with van der Waals surface area (Å²) >= 11 is 0. The minimum Gasteiger partial charge on any atom is -0.507 e. The molecule has 0 saturated heterocycles. The monoisotopic (exact) mass is 226 g/mol. The third-order valence-electron chi connectivity index (χ3n) is 2.07. The molecule has 0 fully saturated rings. The van der Waals surface area contributed by atoms with Crippen LogP contribution in [0.25, 0.3) is 0 Å². The zero-order chi connectivity index (χ0) is 12.3. The SMILES string of the molecule is CC(=O)O[C@H](C)Cc1cc(O)c(C)c(=O)o1. The second kappa shape index (κ2) is 4.83. The van der Waals surface area contributed by atoms with Crippen LogP contribution in [0.5, 0.6) is 5.75 Å². The smallest absolute Gasteiger partial charge is 0.342 e. The van der Waals surface area contributed by atoms with Crippen molar-refractivity contribution in [3.05, 3.63) is 27.8 Å². The molecule has 1 heterocycles. The highest BCUT2D eigenvalue weighted by Crippen LogP contribution is 2.15. The molecular formula is C11H14O5. The van der Waals surface area contributed by atoms with E-state index in [9.17, 15) is 14.7 Å². The van der Waals surface area contributed by atoms with Gasteiger partial charge in [-0.2, -0.15) is 0 Å². The van der Waals surface area contributed by atoms with E-state index in [0.717, 1.165) is 0 Å². The molecule has 0 aliphatic carbocycles. The first-order valence-electron chi connectivity index (χ1n) is 4.90. The first kappa shape index (κ1) is 12.3. The van der Waals surface area contributed by atoms with Gasteiger partial charge in [0.05, 0.1) is 5.56 Å². The lowest BCUT2D eigenvalue weighted by Crippen LogP contribution is -2.16. The minimum atomic E-state index is -0.579. The Morgan fingerprint density at radius 3 is 2.75 bits per heavy atom. The van der Waals surface area contributed by atoms with Gasteiger partial charge in [0.25, 0.3) is 0 Å². The van der Waals surface area contributed by atoms with Gasteiger partial charge in [-0.1, -0.05) is 0 Å². The number of aromatic hydroxyl groups is 1. The molecule has 0 aromatic carbocycles. The van der Waals surface area contributed by atoms with Crippen LogP contribution in [0.2, 0.25) is 0 Å². The quantitative estimate of drug-likeness (QED) is 0.782. The Morgan fingerprint density at radius 2 is 2.25 bits per heavy atom. The highest BCUT2D eigenvalue weighted by Gasteiger charge is 2.12. The zero-order valence-electron chi connectivity index (χ0n) is 9.44. The molecule has 0 aliphatic rings. The summed E-state index contributed by atoms with van der Waals surface area (Å²) in [6, 6.07) is 1.36. The topological polar surface area (TPSA) is 76.7 Å². The van der Waals surface area contributed by atoms with E-state index >= 15 is 0 Å². The van der Waals surface area contributed by atoms with E-state index in [1.54, 1.807) is 6.92 Å². The van der Waals surface area contributed by atoms with Gasteiger partial charge in [-0.3, -0.25) is 4.79 Å². The molecule has 88 valence electrons. The van der Waals surface area contributed by atoms with E-state index < -0.39 is 17.7 Å². The summed E-state index contributed by atoms with van der Waals surface area (Å²) in [7, 11) is 0. The van der Waals surface area contributed by atoms with Crippen molar-refractivity contribution in [2.24, 2.45) is 0 Å². The van der Waals surface area contributed by atoms with E-state index in [1.165, 1.54) is 19.9 Å². The van der Waals surface area contributed by atoms with Crippen LogP contribution in [0.4, 0.5) is 0 Å². The van der Waals surface area contributed by atoms with E-state index in [2.05, 4.69) is 0 Å². The predicted octanol–water partition coefficient (Wildman–Crippen LogP) is 1.15. The molecule has 1 rings (SSSR count). The van der Waals surface area contributed by atoms with Crippen LogP contribution in [0.1, 0.15) is 25.2 Å². The molecule has 0 bridgehead atoms. The van der Waals surface area contributed by atoms with Gasteiger partial charge in [0.2, 0.25) is 0 Å². The Morgan fingerprint density at radius 1 is 1.62 bits per heavy atom. The minimum absolute atomic E-state index is 0.110. The van der Waals surface area contributed by atoms with Crippen LogP contribution in [0, 0.1) is 6.92 Å². The third kappa shape index (κ3) is 3.12. The molecule has 16 heavy (non-hydrogen) atoms. The van der Waals surface area contributed by atoms with Crippen molar-refractivity contribution in [2.45, 2.75) is 33.3 Å².